The minimum Gasteiger partial charge on any atom is -2.00 e. The van der Waals surface area contributed by atoms with Crippen LogP contribution in [0.4, 0.5) is 0 Å². The third-order valence-corrected chi connectivity index (χ3v) is 0. The summed E-state index contributed by atoms with van der Waals surface area (Å²) in [5, 5.41) is 0. The molecule has 0 heterocycles. The van der Waals surface area contributed by atoms with Gasteiger partial charge in [0.2, 0.25) is 0 Å². The predicted molar refractivity (Wildman–Crippen MR) is 11.2 cm³/mol. The van der Waals surface area contributed by atoms with Crippen molar-refractivity contribution in [3.05, 3.63) is 0 Å². The summed E-state index contributed by atoms with van der Waals surface area (Å²) in [6.45, 7) is 0. The van der Waals surface area contributed by atoms with Crippen LogP contribution < -0.4 is 9.79 Å². The van der Waals surface area contributed by atoms with Crippen LogP contribution in [0.2, 0.25) is 0 Å². The summed E-state index contributed by atoms with van der Waals surface area (Å²) in [7, 11) is -3.12. The largest absolute Gasteiger partial charge is 2.00 e. The summed E-state index contributed by atoms with van der Waals surface area (Å²) in [6, 6.07) is 0. The Morgan fingerprint density at radius 3 is 0.727 bits per heavy atom. The Morgan fingerprint density at radius 2 is 0.727 bits per heavy atom. The van der Waals surface area contributed by atoms with E-state index in [1.807, 2.05) is 0 Å². The monoisotopic (exact) mass is 384 g/mol. The van der Waals surface area contributed by atoms with Crippen molar-refractivity contribution in [1.29, 1.82) is 0 Å². The Bertz CT molecular complexity index is 19.3. The van der Waals surface area contributed by atoms with E-state index in [4.69, 9.17) is 14.7 Å². The van der Waals surface area contributed by atoms with Crippen LogP contribution in [0.3, 0.4) is 0 Å². The van der Waals surface area contributed by atoms with Gasteiger partial charge in [0, 0.05) is 0 Å². The van der Waals surface area contributed by atoms with Gasteiger partial charge in [-0.1, -0.05) is 0 Å². The second-order valence-corrected chi connectivity index (χ2v) is 0.714. The van der Waals surface area contributed by atoms with Crippen LogP contribution in [-0.4, -0.2) is 4.89 Å². The molecule has 0 saturated heterocycles. The van der Waals surface area contributed by atoms with Gasteiger partial charge in [-0.2, -0.15) is 8.60 Å². The second-order valence-electron chi connectivity index (χ2n) is 0.238. The molecule has 0 spiro atoms. The van der Waals surface area contributed by atoms with Crippen LogP contribution in [-0.2, 0) is 94.3 Å². The third kappa shape index (κ3) is 201. The first-order valence-corrected chi connectivity index (χ1v) is 1.70. The molecule has 6 nitrogen and oxygen atoms in total. The van der Waals surface area contributed by atoms with E-state index in [2.05, 4.69) is 0 Å². The first-order chi connectivity index (χ1) is 1.73. The maximum atomic E-state index is 8.59. The average Bonchev–Trinajstić information content (AvgIpc) is 0.811. The zero-order valence-corrected chi connectivity index (χ0v) is 18.5. The Balaban J connectivity index is -0.00000000214. The van der Waals surface area contributed by atoms with E-state index in [1.165, 1.54) is 0 Å². The molecular formula is HO6PZn4. The van der Waals surface area contributed by atoms with Crippen LogP contribution in [0, 0.1) is 0 Å². The number of hydrogen-bond acceptors (Lipinski definition) is 3. The quantitative estimate of drug-likeness (QED) is 0.362. The molecule has 0 atom stereocenters. The number of hydrogen-bond donors (Lipinski definition) is 1. The number of rotatable bonds is 0. The van der Waals surface area contributed by atoms with E-state index < -0.39 is 8.60 Å². The molecule has 0 aliphatic rings. The minimum absolute atomic E-state index is 0. The Hall–Kier alpha value is 2.68. The first kappa shape index (κ1) is 68.1. The fraction of sp³-hybridized carbons (Fsp3) is 0. The molecule has 0 aromatic carbocycles. The average molecular weight is 390 g/mol. The van der Waals surface area contributed by atoms with E-state index in [0.29, 0.717) is 0 Å². The molecule has 0 aromatic rings. The molecular weight excluding hydrogens is 389 g/mol. The van der Waals surface area contributed by atoms with E-state index >= 15 is 0 Å². The molecule has 0 fully saturated rings. The molecule has 0 rings (SSSR count). The first-order valence-electron chi connectivity index (χ1n) is 0.565. The molecule has 11 heteroatoms. The molecule has 50 valence electrons. The fourth-order valence-corrected chi connectivity index (χ4v) is 0. The van der Waals surface area contributed by atoms with Gasteiger partial charge in [-0.25, -0.2) is 0 Å². The van der Waals surface area contributed by atoms with Crippen molar-refractivity contribution >= 4 is 8.60 Å². The van der Waals surface area contributed by atoms with Crippen molar-refractivity contribution < 1.29 is 109 Å². The van der Waals surface area contributed by atoms with Crippen LogP contribution in [0.1, 0.15) is 0 Å². The zero-order valence-electron chi connectivity index (χ0n) is 5.76. The standard InChI is InChI=1S/HO3P.3O.4Zn/c1-4(2)3;;;;;;;/h1H;;;;;;;/q4*-2;4*+2. The summed E-state index contributed by atoms with van der Waals surface area (Å²) in [5.74, 6) is 0. The Morgan fingerprint density at radius 1 is 0.727 bits per heavy atom. The molecule has 0 bridgehead atoms. The van der Waals surface area contributed by atoms with Crippen molar-refractivity contribution in [2.24, 2.45) is 0 Å². The van der Waals surface area contributed by atoms with Gasteiger partial charge >= 0.3 is 77.9 Å². The molecule has 11 heavy (non-hydrogen) atoms. The normalized spacial score (nSPS) is 3.27. The Labute approximate surface area is 116 Å². The molecule has 0 radical (unpaired) electrons. The van der Waals surface area contributed by atoms with Gasteiger partial charge in [0.25, 0.3) is 0 Å². The van der Waals surface area contributed by atoms with Gasteiger partial charge < -0.3 is 31.1 Å². The summed E-state index contributed by atoms with van der Waals surface area (Å²) < 4.78 is 0. The Kier molecular flexibility index (Phi) is 332. The van der Waals surface area contributed by atoms with Gasteiger partial charge in [0.05, 0.1) is 0 Å². The SMILES string of the molecule is [O-2].[O-2].[O-2].[O-]P([O-])O.[Zn+2].[Zn+2].[Zn+2].[Zn+2]. The zero-order chi connectivity index (χ0) is 3.58. The summed E-state index contributed by atoms with van der Waals surface area (Å²) in [4.78, 5) is 24.2. The van der Waals surface area contributed by atoms with E-state index in [0.717, 1.165) is 0 Å². The topological polar surface area (TPSA) is 152 Å². The molecule has 0 unspecified atom stereocenters. The molecule has 0 aliphatic heterocycles. The van der Waals surface area contributed by atoms with E-state index in [9.17, 15) is 0 Å². The van der Waals surface area contributed by atoms with Gasteiger partial charge in [-0.15, -0.1) is 0 Å². The van der Waals surface area contributed by atoms with Crippen molar-refractivity contribution in [2.75, 3.05) is 0 Å². The maximum Gasteiger partial charge on any atom is 2.00 e. The van der Waals surface area contributed by atoms with Crippen molar-refractivity contribution in [1.82, 2.24) is 0 Å². The third-order valence-electron chi connectivity index (χ3n) is 0. The van der Waals surface area contributed by atoms with Gasteiger partial charge in [-0.3, -0.25) is 0 Å². The minimum atomic E-state index is -3.12. The van der Waals surface area contributed by atoms with Gasteiger partial charge in [0.15, 0.2) is 0 Å². The van der Waals surface area contributed by atoms with Crippen LogP contribution in [0.5, 0.6) is 0 Å². The van der Waals surface area contributed by atoms with Crippen LogP contribution in [0.15, 0.2) is 0 Å². The summed E-state index contributed by atoms with van der Waals surface area (Å²) >= 11 is 0. The van der Waals surface area contributed by atoms with Gasteiger partial charge in [0.1, 0.15) is 0 Å². The van der Waals surface area contributed by atoms with Crippen LogP contribution in [0.25, 0.3) is 0 Å². The molecule has 0 aromatic heterocycles. The molecule has 1 N–H and O–H groups in total. The van der Waals surface area contributed by atoms with Gasteiger partial charge in [-0.05, 0) is 0 Å². The van der Waals surface area contributed by atoms with Crippen molar-refractivity contribution in [3.8, 4) is 0 Å². The van der Waals surface area contributed by atoms with Crippen molar-refractivity contribution in [3.63, 3.8) is 0 Å². The fourth-order valence-electron chi connectivity index (χ4n) is 0. The maximum absolute atomic E-state index is 8.59. The van der Waals surface area contributed by atoms with Crippen molar-refractivity contribution in [2.45, 2.75) is 0 Å². The smallest absolute Gasteiger partial charge is 2.00 e. The van der Waals surface area contributed by atoms with E-state index in [-0.39, 0.29) is 94.3 Å². The summed E-state index contributed by atoms with van der Waals surface area (Å²) in [6.07, 6.45) is 0. The van der Waals surface area contributed by atoms with Crippen LogP contribution >= 0.6 is 8.60 Å². The molecule has 0 amide bonds. The second kappa shape index (κ2) is 53.6. The molecule has 0 aliphatic carbocycles. The summed E-state index contributed by atoms with van der Waals surface area (Å²) in [5.41, 5.74) is 0. The molecule has 0 saturated carbocycles. The predicted octanol–water partition coefficient (Wildman–Crippen LogP) is -2.44. The van der Waals surface area contributed by atoms with E-state index in [1.54, 1.807) is 0 Å².